The molecule has 3 nitrogen and oxygen atoms in total. The molecule has 0 saturated heterocycles. The van der Waals surface area contributed by atoms with Crippen molar-refractivity contribution >= 4 is 0 Å². The molecule has 3 heteroatoms. The predicted octanol–water partition coefficient (Wildman–Crippen LogP) is 3.32. The molecule has 1 N–H and O–H groups in total. The Hall–Kier alpha value is -0.830. The molecule has 0 unspecified atom stereocenters. The first-order valence-corrected chi connectivity index (χ1v) is 6.44. The molecule has 0 amide bonds. The molecule has 17 heavy (non-hydrogen) atoms. The fourth-order valence-corrected chi connectivity index (χ4v) is 2.80. The van der Waals surface area contributed by atoms with Crippen molar-refractivity contribution < 1.29 is 4.42 Å². The smallest absolute Gasteiger partial charge is 0.181 e. The van der Waals surface area contributed by atoms with E-state index in [-0.39, 0.29) is 0 Å². The van der Waals surface area contributed by atoms with Crippen molar-refractivity contribution in [2.24, 2.45) is 10.8 Å². The lowest BCUT2D eigenvalue weighted by Gasteiger charge is -2.07. The Labute approximate surface area is 104 Å². The Morgan fingerprint density at radius 1 is 1.29 bits per heavy atom. The molecule has 1 heterocycles. The van der Waals surface area contributed by atoms with Crippen LogP contribution in [0.3, 0.4) is 0 Å². The maximum atomic E-state index is 5.64. The predicted molar refractivity (Wildman–Crippen MR) is 68.8 cm³/mol. The van der Waals surface area contributed by atoms with E-state index in [4.69, 9.17) is 4.42 Å². The van der Waals surface area contributed by atoms with Crippen LogP contribution in [0.5, 0.6) is 0 Å². The summed E-state index contributed by atoms with van der Waals surface area (Å²) < 4.78 is 5.64. The maximum Gasteiger partial charge on any atom is 0.181 e. The van der Waals surface area contributed by atoms with E-state index in [0.29, 0.717) is 22.8 Å². The number of hydrogen-bond donors (Lipinski definition) is 1. The van der Waals surface area contributed by atoms with Gasteiger partial charge in [-0.25, -0.2) is 4.98 Å². The third-order valence-electron chi connectivity index (χ3n) is 4.63. The molecule has 0 aliphatic heterocycles. The molecule has 1 aromatic heterocycles. The second-order valence-corrected chi connectivity index (χ2v) is 6.58. The lowest BCUT2D eigenvalue weighted by Crippen LogP contribution is -2.22. The third-order valence-corrected chi connectivity index (χ3v) is 4.63. The summed E-state index contributed by atoms with van der Waals surface area (Å²) in [5, 5.41) is 3.40. The van der Waals surface area contributed by atoms with E-state index < -0.39 is 0 Å². The summed E-state index contributed by atoms with van der Waals surface area (Å²) in [4.78, 5) is 4.35. The largest absolute Gasteiger partial charge is 0.448 e. The van der Waals surface area contributed by atoms with Crippen LogP contribution < -0.4 is 5.32 Å². The number of aromatic nitrogens is 1. The summed E-state index contributed by atoms with van der Waals surface area (Å²) in [5.74, 6) is 1.56. The van der Waals surface area contributed by atoms with Gasteiger partial charge in [-0.15, -0.1) is 0 Å². The first kappa shape index (κ1) is 12.6. The van der Waals surface area contributed by atoms with Gasteiger partial charge < -0.3 is 9.73 Å². The average Bonchev–Trinajstić information content (AvgIpc) is 2.54. The van der Waals surface area contributed by atoms with Crippen molar-refractivity contribution in [2.75, 3.05) is 0 Å². The van der Waals surface area contributed by atoms with Gasteiger partial charge in [0.05, 0.1) is 5.69 Å². The summed E-state index contributed by atoms with van der Waals surface area (Å²) in [6, 6.07) is 0.472. The Bertz CT molecular complexity index is 390. The fourth-order valence-electron chi connectivity index (χ4n) is 2.80. The molecule has 1 aliphatic rings. The summed E-state index contributed by atoms with van der Waals surface area (Å²) in [6.45, 7) is 14.3. The van der Waals surface area contributed by atoms with Crippen LogP contribution in [0.1, 0.15) is 58.9 Å². The third kappa shape index (κ3) is 1.90. The SMILES string of the molecule is CC(C)NCc1ncoc1C1C(C)(C)C1(C)C. The van der Waals surface area contributed by atoms with E-state index in [1.807, 2.05) is 0 Å². The van der Waals surface area contributed by atoms with Crippen molar-refractivity contribution in [1.82, 2.24) is 10.3 Å². The van der Waals surface area contributed by atoms with Crippen LogP contribution in [0.15, 0.2) is 10.8 Å². The zero-order chi connectivity index (χ0) is 12.8. The van der Waals surface area contributed by atoms with Gasteiger partial charge in [0.1, 0.15) is 5.76 Å². The quantitative estimate of drug-likeness (QED) is 0.871. The standard InChI is InChI=1S/C14H24N2O/c1-9(2)15-7-10-11(17-8-16-10)12-13(3,4)14(12,5)6/h8-9,12,15H,7H2,1-6H3. The molecule has 2 rings (SSSR count). The lowest BCUT2D eigenvalue weighted by atomic mass is 10.0. The highest BCUT2D eigenvalue weighted by atomic mass is 16.3. The lowest BCUT2D eigenvalue weighted by molar-refractivity contribution is 0.457. The number of rotatable bonds is 4. The number of nitrogens with one attached hydrogen (secondary N) is 1. The molecule has 0 radical (unpaired) electrons. The van der Waals surface area contributed by atoms with Crippen LogP contribution in [0, 0.1) is 10.8 Å². The monoisotopic (exact) mass is 236 g/mol. The molecule has 1 saturated carbocycles. The van der Waals surface area contributed by atoms with Crippen LogP contribution in [-0.2, 0) is 6.54 Å². The molecular formula is C14H24N2O. The van der Waals surface area contributed by atoms with E-state index in [1.165, 1.54) is 0 Å². The number of hydrogen-bond acceptors (Lipinski definition) is 3. The Balaban J connectivity index is 2.16. The van der Waals surface area contributed by atoms with E-state index in [2.05, 4.69) is 51.8 Å². The minimum atomic E-state index is 0.305. The van der Waals surface area contributed by atoms with E-state index >= 15 is 0 Å². The Morgan fingerprint density at radius 3 is 2.35 bits per heavy atom. The van der Waals surface area contributed by atoms with E-state index in [1.54, 1.807) is 6.39 Å². The van der Waals surface area contributed by atoms with Gasteiger partial charge in [0.2, 0.25) is 0 Å². The molecule has 1 fully saturated rings. The first-order valence-electron chi connectivity index (χ1n) is 6.44. The van der Waals surface area contributed by atoms with E-state index in [0.717, 1.165) is 18.0 Å². The van der Waals surface area contributed by atoms with Crippen LogP contribution in [0.25, 0.3) is 0 Å². The van der Waals surface area contributed by atoms with Crippen LogP contribution in [0.4, 0.5) is 0 Å². The fraction of sp³-hybridized carbons (Fsp3) is 0.786. The Kier molecular flexibility index (Phi) is 2.85. The number of oxazole rings is 1. The average molecular weight is 236 g/mol. The zero-order valence-electron chi connectivity index (χ0n) is 11.8. The second kappa shape index (κ2) is 3.84. The van der Waals surface area contributed by atoms with Crippen molar-refractivity contribution in [2.45, 2.75) is 60.0 Å². The first-order chi connectivity index (χ1) is 7.78. The second-order valence-electron chi connectivity index (χ2n) is 6.58. The topological polar surface area (TPSA) is 38.1 Å². The molecule has 0 aromatic carbocycles. The van der Waals surface area contributed by atoms with Crippen LogP contribution in [-0.4, -0.2) is 11.0 Å². The van der Waals surface area contributed by atoms with Gasteiger partial charge in [0, 0.05) is 18.5 Å². The van der Waals surface area contributed by atoms with Crippen molar-refractivity contribution in [1.29, 1.82) is 0 Å². The van der Waals surface area contributed by atoms with Gasteiger partial charge >= 0.3 is 0 Å². The summed E-state index contributed by atoms with van der Waals surface area (Å²) in [5.41, 5.74) is 1.68. The molecule has 0 spiro atoms. The van der Waals surface area contributed by atoms with Gasteiger partial charge in [0.15, 0.2) is 6.39 Å². The maximum absolute atomic E-state index is 5.64. The molecular weight excluding hydrogens is 212 g/mol. The summed E-state index contributed by atoms with van der Waals surface area (Å²) in [7, 11) is 0. The van der Waals surface area contributed by atoms with Gasteiger partial charge in [0.25, 0.3) is 0 Å². The molecule has 96 valence electrons. The van der Waals surface area contributed by atoms with Crippen molar-refractivity contribution in [3.8, 4) is 0 Å². The van der Waals surface area contributed by atoms with Gasteiger partial charge in [-0.2, -0.15) is 0 Å². The summed E-state index contributed by atoms with van der Waals surface area (Å²) >= 11 is 0. The molecule has 1 aliphatic carbocycles. The van der Waals surface area contributed by atoms with Crippen LogP contribution >= 0.6 is 0 Å². The minimum absolute atomic E-state index is 0.305. The molecule has 0 bridgehead atoms. The van der Waals surface area contributed by atoms with Gasteiger partial charge in [-0.1, -0.05) is 41.5 Å². The minimum Gasteiger partial charge on any atom is -0.448 e. The highest BCUT2D eigenvalue weighted by Crippen LogP contribution is 2.73. The normalized spacial score (nSPS) is 22.1. The highest BCUT2D eigenvalue weighted by Gasteiger charge is 2.67. The number of nitrogens with zero attached hydrogens (tertiary/aromatic N) is 1. The van der Waals surface area contributed by atoms with Crippen molar-refractivity contribution in [3.05, 3.63) is 17.8 Å². The van der Waals surface area contributed by atoms with Gasteiger partial charge in [-0.05, 0) is 10.8 Å². The van der Waals surface area contributed by atoms with Crippen LogP contribution in [0.2, 0.25) is 0 Å². The molecule has 1 aromatic rings. The van der Waals surface area contributed by atoms with Gasteiger partial charge in [-0.3, -0.25) is 0 Å². The highest BCUT2D eigenvalue weighted by molar-refractivity contribution is 5.31. The van der Waals surface area contributed by atoms with E-state index in [9.17, 15) is 0 Å². The molecule has 0 atom stereocenters. The zero-order valence-corrected chi connectivity index (χ0v) is 11.8. The van der Waals surface area contributed by atoms with Crippen molar-refractivity contribution in [3.63, 3.8) is 0 Å². The summed E-state index contributed by atoms with van der Waals surface area (Å²) in [6.07, 6.45) is 1.58. The Morgan fingerprint density at radius 2 is 1.88 bits per heavy atom.